The molecule has 0 saturated carbocycles. The second-order valence-electron chi connectivity index (χ2n) is 10.7. The molecular formula is C36H49F3O. The van der Waals surface area contributed by atoms with Gasteiger partial charge in [-0.15, -0.1) is 6.58 Å². The van der Waals surface area contributed by atoms with Gasteiger partial charge in [0.1, 0.15) is 5.83 Å². The van der Waals surface area contributed by atoms with E-state index in [1.54, 1.807) is 6.08 Å². The highest BCUT2D eigenvalue weighted by atomic mass is 19.2. The molecule has 0 aromatic rings. The van der Waals surface area contributed by atoms with Gasteiger partial charge in [0.2, 0.25) is 5.83 Å². The van der Waals surface area contributed by atoms with Crippen molar-refractivity contribution in [1.29, 1.82) is 0 Å². The molecule has 0 rings (SSSR count). The molecule has 220 valence electrons. The molecule has 0 bridgehead atoms. The first-order chi connectivity index (χ1) is 18.6. The van der Waals surface area contributed by atoms with Crippen LogP contribution >= 0.6 is 0 Å². The number of hydrogen-bond donors (Lipinski definition) is 0. The van der Waals surface area contributed by atoms with E-state index in [2.05, 4.69) is 79.8 Å². The molecule has 0 aliphatic heterocycles. The molecule has 0 aromatic carbocycles. The monoisotopic (exact) mass is 554 g/mol. The topological polar surface area (TPSA) is 9.23 Å². The first-order valence-corrected chi connectivity index (χ1v) is 13.8. The number of allylic oxidation sites excluding steroid dienone is 14. The maximum atomic E-state index is 14.9. The van der Waals surface area contributed by atoms with Crippen LogP contribution < -0.4 is 0 Å². The van der Waals surface area contributed by atoms with E-state index in [1.807, 2.05) is 6.92 Å². The lowest BCUT2D eigenvalue weighted by Crippen LogP contribution is -2.08. The minimum absolute atomic E-state index is 0.0442. The van der Waals surface area contributed by atoms with E-state index < -0.39 is 23.2 Å². The Hall–Kier alpha value is -3.27. The Morgan fingerprint density at radius 3 is 1.90 bits per heavy atom. The van der Waals surface area contributed by atoms with Crippen molar-refractivity contribution in [3.63, 3.8) is 0 Å². The standard InChI is InChI=1S/C36H49F3O/c1-13-14-15-22-40-33(12)36(39)35(38)32(11)29(8)21-20-28(7)31(10)34(37)23-30(9)27(6)19-18-26(5)25(4)17-16-24(2)3/h13,19-21,23-26H,1,7-12,14-18,22H2,2-6H3/b21-20-,27-19+,34-23+,36-35-. The number of rotatable bonds is 20. The van der Waals surface area contributed by atoms with E-state index in [0.29, 0.717) is 36.2 Å². The highest BCUT2D eigenvalue weighted by molar-refractivity contribution is 5.54. The zero-order chi connectivity index (χ0) is 31.0. The normalized spacial score (nSPS) is 14.4. The minimum Gasteiger partial charge on any atom is -0.491 e. The van der Waals surface area contributed by atoms with Gasteiger partial charge in [-0.3, -0.25) is 0 Å². The van der Waals surface area contributed by atoms with Crippen LogP contribution in [0.5, 0.6) is 0 Å². The van der Waals surface area contributed by atoms with E-state index in [-0.39, 0.29) is 28.9 Å². The third-order valence-corrected chi connectivity index (χ3v) is 6.85. The maximum absolute atomic E-state index is 14.9. The summed E-state index contributed by atoms with van der Waals surface area (Å²) in [7, 11) is 0. The zero-order valence-corrected chi connectivity index (χ0v) is 25.4. The van der Waals surface area contributed by atoms with Crippen molar-refractivity contribution in [2.75, 3.05) is 6.61 Å². The molecular weight excluding hydrogens is 505 g/mol. The summed E-state index contributed by atoms with van der Waals surface area (Å²) in [6.07, 6.45) is 12.5. The molecule has 0 radical (unpaired) electrons. The van der Waals surface area contributed by atoms with Crippen molar-refractivity contribution >= 4 is 0 Å². The Morgan fingerprint density at radius 2 is 1.35 bits per heavy atom. The average Bonchev–Trinajstić information content (AvgIpc) is 2.92. The van der Waals surface area contributed by atoms with Gasteiger partial charge in [-0.25, -0.2) is 8.78 Å². The van der Waals surface area contributed by atoms with Crippen LogP contribution in [0.4, 0.5) is 13.2 Å². The summed E-state index contributed by atoms with van der Waals surface area (Å²) in [6.45, 7) is 36.9. The summed E-state index contributed by atoms with van der Waals surface area (Å²) >= 11 is 0. The summed E-state index contributed by atoms with van der Waals surface area (Å²) < 4.78 is 49.0. The molecule has 0 amide bonds. The summed E-state index contributed by atoms with van der Waals surface area (Å²) in [5.74, 6) is -1.69. The van der Waals surface area contributed by atoms with Gasteiger partial charge >= 0.3 is 0 Å². The number of unbranched alkanes of at least 4 members (excludes halogenated alkanes) is 1. The molecule has 0 aromatic heterocycles. The second-order valence-corrected chi connectivity index (χ2v) is 10.7. The summed E-state index contributed by atoms with van der Waals surface area (Å²) in [4.78, 5) is 0. The van der Waals surface area contributed by atoms with E-state index >= 15 is 0 Å². The molecule has 4 heteroatoms. The summed E-state index contributed by atoms with van der Waals surface area (Å²) in [5.41, 5.74) is 1.51. The second kappa shape index (κ2) is 18.9. The number of halogens is 3. The van der Waals surface area contributed by atoms with Crippen molar-refractivity contribution in [2.45, 2.75) is 66.7 Å². The lowest BCUT2D eigenvalue weighted by atomic mass is 9.86. The van der Waals surface area contributed by atoms with Gasteiger partial charge in [0.15, 0.2) is 11.6 Å². The first-order valence-electron chi connectivity index (χ1n) is 13.8. The minimum atomic E-state index is -1.25. The van der Waals surface area contributed by atoms with E-state index in [1.165, 1.54) is 31.1 Å². The maximum Gasteiger partial charge on any atom is 0.200 e. The molecule has 0 heterocycles. The van der Waals surface area contributed by atoms with Gasteiger partial charge in [-0.2, -0.15) is 4.39 Å². The lowest BCUT2D eigenvalue weighted by Gasteiger charge is -2.19. The zero-order valence-electron chi connectivity index (χ0n) is 25.4. The van der Waals surface area contributed by atoms with E-state index in [9.17, 15) is 13.2 Å². The van der Waals surface area contributed by atoms with Gasteiger partial charge in [0.25, 0.3) is 0 Å². The van der Waals surface area contributed by atoms with Crippen molar-refractivity contribution < 1.29 is 17.9 Å². The molecule has 2 unspecified atom stereocenters. The third-order valence-electron chi connectivity index (χ3n) is 6.85. The Morgan fingerprint density at radius 1 is 0.775 bits per heavy atom. The quantitative estimate of drug-likeness (QED) is 0.0629. The molecule has 0 N–H and O–H groups in total. The Labute approximate surface area is 242 Å². The van der Waals surface area contributed by atoms with E-state index in [4.69, 9.17) is 4.74 Å². The molecule has 0 aliphatic carbocycles. The van der Waals surface area contributed by atoms with Crippen LogP contribution in [0, 0.1) is 17.8 Å². The predicted molar refractivity (Wildman–Crippen MR) is 169 cm³/mol. The Balaban J connectivity index is 5.17. The van der Waals surface area contributed by atoms with Crippen LogP contribution in [0.3, 0.4) is 0 Å². The molecule has 0 saturated heterocycles. The fourth-order valence-corrected chi connectivity index (χ4v) is 3.40. The fraction of sp³-hybridized carbons (Fsp3) is 0.389. The SMILES string of the molecule is C=CCCCOC(=C)/C(F)=C(/F)C(=C)C(=C)/C=C\C(=C)C(=C)/C(F)=C\C(=C)/C(C)=C/CC(C)C(C)CCC(C)C. The van der Waals surface area contributed by atoms with Crippen molar-refractivity contribution in [2.24, 2.45) is 17.8 Å². The Kier molecular flexibility index (Phi) is 17.4. The highest BCUT2D eigenvalue weighted by Crippen LogP contribution is 2.29. The van der Waals surface area contributed by atoms with Crippen LogP contribution in [0.2, 0.25) is 0 Å². The lowest BCUT2D eigenvalue weighted by molar-refractivity contribution is 0.205. The van der Waals surface area contributed by atoms with Crippen molar-refractivity contribution in [1.82, 2.24) is 0 Å². The van der Waals surface area contributed by atoms with Gasteiger partial charge in [-0.1, -0.05) is 104 Å². The average molecular weight is 555 g/mol. The molecule has 40 heavy (non-hydrogen) atoms. The smallest absolute Gasteiger partial charge is 0.200 e. The highest BCUT2D eigenvalue weighted by Gasteiger charge is 2.16. The predicted octanol–water partition coefficient (Wildman–Crippen LogP) is 11.9. The summed E-state index contributed by atoms with van der Waals surface area (Å²) in [6, 6.07) is 0. The number of hydrogen-bond acceptors (Lipinski definition) is 1. The van der Waals surface area contributed by atoms with Crippen LogP contribution in [0.1, 0.15) is 66.7 Å². The molecule has 0 spiro atoms. The van der Waals surface area contributed by atoms with E-state index in [0.717, 1.165) is 12.0 Å². The fourth-order valence-electron chi connectivity index (χ4n) is 3.40. The Bertz CT molecular complexity index is 1090. The van der Waals surface area contributed by atoms with Crippen molar-refractivity contribution in [3.05, 3.63) is 133 Å². The van der Waals surface area contributed by atoms with Gasteiger partial charge in [-0.05, 0) is 72.3 Å². The molecule has 0 fully saturated rings. The first kappa shape index (κ1) is 36.7. The largest absolute Gasteiger partial charge is 0.491 e. The molecule has 0 aliphatic rings. The van der Waals surface area contributed by atoms with Crippen LogP contribution in [-0.2, 0) is 4.74 Å². The summed E-state index contributed by atoms with van der Waals surface area (Å²) in [5, 5.41) is 0. The van der Waals surface area contributed by atoms with Crippen molar-refractivity contribution in [3.8, 4) is 0 Å². The van der Waals surface area contributed by atoms with Gasteiger partial charge in [0, 0.05) is 11.1 Å². The van der Waals surface area contributed by atoms with Gasteiger partial charge < -0.3 is 4.74 Å². The third kappa shape index (κ3) is 13.7. The number of ether oxygens (including phenoxy) is 1. The van der Waals surface area contributed by atoms with Gasteiger partial charge in [0.05, 0.1) is 6.61 Å². The molecule has 2 atom stereocenters. The van der Waals surface area contributed by atoms with Crippen LogP contribution in [0.25, 0.3) is 0 Å². The van der Waals surface area contributed by atoms with Crippen LogP contribution in [-0.4, -0.2) is 6.61 Å². The van der Waals surface area contributed by atoms with Crippen LogP contribution in [0.15, 0.2) is 133 Å². The molecule has 1 nitrogen and oxygen atoms in total.